The van der Waals surface area contributed by atoms with Crippen LogP contribution in [-0.2, 0) is 0 Å². The summed E-state index contributed by atoms with van der Waals surface area (Å²) in [6, 6.07) is 0.545. The molecule has 1 heterocycles. The van der Waals surface area contributed by atoms with E-state index in [1.807, 2.05) is 7.05 Å². The minimum Gasteiger partial charge on any atom is -0.302 e. The smallest absolute Gasteiger partial charge is 0.0392 e. The first-order valence-electron chi connectivity index (χ1n) is 5.05. The highest BCUT2D eigenvalue weighted by Crippen LogP contribution is 2.11. The summed E-state index contributed by atoms with van der Waals surface area (Å²) in [5, 5.41) is 4.41. The maximum absolute atomic E-state index is 4.41. The van der Waals surface area contributed by atoms with E-state index >= 15 is 0 Å². The number of likely N-dealkylation sites (tertiary alicyclic amines) is 1. The predicted molar refractivity (Wildman–Crippen MR) is 52.4 cm³/mol. The van der Waals surface area contributed by atoms with Crippen molar-refractivity contribution in [3.8, 4) is 0 Å². The van der Waals surface area contributed by atoms with Crippen LogP contribution in [0.4, 0.5) is 0 Å². The van der Waals surface area contributed by atoms with Crippen molar-refractivity contribution in [3.05, 3.63) is 0 Å². The first-order valence-corrected chi connectivity index (χ1v) is 5.05. The number of hydrogen-bond donors (Lipinski definition) is 0. The van der Waals surface area contributed by atoms with Crippen LogP contribution in [0.15, 0.2) is 0 Å². The van der Waals surface area contributed by atoms with Crippen molar-refractivity contribution in [1.29, 1.82) is 0 Å². The van der Waals surface area contributed by atoms with Crippen LogP contribution in [-0.4, -0.2) is 37.6 Å². The third kappa shape index (κ3) is 2.76. The molecular formula is C10H21N2. The molecule has 1 rings (SSSR count). The van der Waals surface area contributed by atoms with Crippen molar-refractivity contribution in [2.24, 2.45) is 5.92 Å². The highest BCUT2D eigenvalue weighted by Gasteiger charge is 2.18. The largest absolute Gasteiger partial charge is 0.302 e. The summed E-state index contributed by atoms with van der Waals surface area (Å²) in [4.78, 5) is 2.54. The monoisotopic (exact) mass is 169 g/mol. The van der Waals surface area contributed by atoms with E-state index in [0.29, 0.717) is 12.0 Å². The van der Waals surface area contributed by atoms with Gasteiger partial charge in [-0.15, -0.1) is 0 Å². The molecule has 1 saturated heterocycles. The van der Waals surface area contributed by atoms with Gasteiger partial charge in [0, 0.05) is 19.6 Å². The second kappa shape index (κ2) is 4.83. The fraction of sp³-hybridized carbons (Fsp3) is 1.00. The van der Waals surface area contributed by atoms with Gasteiger partial charge in [-0.25, -0.2) is 5.32 Å². The lowest BCUT2D eigenvalue weighted by Gasteiger charge is -2.24. The van der Waals surface area contributed by atoms with Crippen LogP contribution in [0.25, 0.3) is 0 Å². The lowest BCUT2D eigenvalue weighted by Crippen LogP contribution is -2.38. The molecule has 71 valence electrons. The average molecular weight is 169 g/mol. The first kappa shape index (κ1) is 10.0. The van der Waals surface area contributed by atoms with E-state index in [-0.39, 0.29) is 0 Å². The second-order valence-corrected chi connectivity index (χ2v) is 4.08. The van der Waals surface area contributed by atoms with Crippen molar-refractivity contribution in [3.63, 3.8) is 0 Å². The lowest BCUT2D eigenvalue weighted by molar-refractivity contribution is 0.261. The van der Waals surface area contributed by atoms with E-state index < -0.39 is 0 Å². The standard InChI is InChI=1S/C10H21N2/c1-9(2)10(11-3)8-12-6-4-5-7-12/h9-10H,4-8H2,1-3H3. The molecule has 12 heavy (non-hydrogen) atoms. The van der Waals surface area contributed by atoms with Gasteiger partial charge in [0.05, 0.1) is 0 Å². The van der Waals surface area contributed by atoms with Crippen LogP contribution < -0.4 is 5.32 Å². The molecule has 1 radical (unpaired) electrons. The van der Waals surface area contributed by atoms with Crippen LogP contribution in [0.5, 0.6) is 0 Å². The molecule has 1 aliphatic rings. The second-order valence-electron chi connectivity index (χ2n) is 4.08. The fourth-order valence-electron chi connectivity index (χ4n) is 1.82. The van der Waals surface area contributed by atoms with Gasteiger partial charge in [-0.3, -0.25) is 0 Å². The Bertz CT molecular complexity index is 117. The van der Waals surface area contributed by atoms with Gasteiger partial charge in [0.25, 0.3) is 0 Å². The Morgan fingerprint density at radius 3 is 2.25 bits per heavy atom. The molecule has 0 aromatic rings. The van der Waals surface area contributed by atoms with Gasteiger partial charge in [-0.1, -0.05) is 13.8 Å². The van der Waals surface area contributed by atoms with E-state index in [2.05, 4.69) is 24.1 Å². The predicted octanol–water partition coefficient (Wildman–Crippen LogP) is 1.34. The molecule has 0 aromatic carbocycles. The van der Waals surface area contributed by atoms with Crippen LogP contribution in [0.3, 0.4) is 0 Å². The van der Waals surface area contributed by atoms with Crippen LogP contribution in [0.1, 0.15) is 26.7 Å². The third-order valence-corrected chi connectivity index (χ3v) is 2.75. The number of hydrogen-bond acceptors (Lipinski definition) is 1. The minimum absolute atomic E-state index is 0.545. The Balaban J connectivity index is 2.26. The molecule has 0 amide bonds. The summed E-state index contributed by atoms with van der Waals surface area (Å²) in [5.74, 6) is 0.690. The Kier molecular flexibility index (Phi) is 4.02. The quantitative estimate of drug-likeness (QED) is 0.621. The SMILES string of the molecule is C[N]C(CN1CCCC1)C(C)C. The molecule has 1 unspecified atom stereocenters. The molecule has 2 heteroatoms. The summed E-state index contributed by atoms with van der Waals surface area (Å²) in [5.41, 5.74) is 0. The molecule has 0 aliphatic carbocycles. The first-order chi connectivity index (χ1) is 5.74. The molecule has 0 aromatic heterocycles. The van der Waals surface area contributed by atoms with Crippen LogP contribution >= 0.6 is 0 Å². The average Bonchev–Trinajstić information content (AvgIpc) is 2.51. The minimum atomic E-state index is 0.545. The van der Waals surface area contributed by atoms with Gasteiger partial charge in [-0.05, 0) is 31.8 Å². The highest BCUT2D eigenvalue weighted by molar-refractivity contribution is 4.76. The molecule has 0 N–H and O–H groups in total. The zero-order chi connectivity index (χ0) is 8.97. The van der Waals surface area contributed by atoms with E-state index in [1.165, 1.54) is 32.5 Å². The molecule has 0 bridgehead atoms. The van der Waals surface area contributed by atoms with E-state index in [1.54, 1.807) is 0 Å². The highest BCUT2D eigenvalue weighted by atomic mass is 15.2. The fourth-order valence-corrected chi connectivity index (χ4v) is 1.82. The van der Waals surface area contributed by atoms with Crippen molar-refractivity contribution >= 4 is 0 Å². The van der Waals surface area contributed by atoms with Gasteiger partial charge in [0.15, 0.2) is 0 Å². The van der Waals surface area contributed by atoms with Crippen molar-refractivity contribution in [2.45, 2.75) is 32.7 Å². The zero-order valence-electron chi connectivity index (χ0n) is 8.58. The Morgan fingerprint density at radius 1 is 1.25 bits per heavy atom. The van der Waals surface area contributed by atoms with Gasteiger partial charge < -0.3 is 4.90 Å². The molecular weight excluding hydrogens is 148 g/mol. The van der Waals surface area contributed by atoms with Gasteiger partial charge in [0.2, 0.25) is 0 Å². The normalized spacial score (nSPS) is 22.0. The Hall–Kier alpha value is -0.0800. The molecule has 1 aliphatic heterocycles. The van der Waals surface area contributed by atoms with Gasteiger partial charge in [0.1, 0.15) is 0 Å². The summed E-state index contributed by atoms with van der Waals surface area (Å²) in [7, 11) is 1.95. The summed E-state index contributed by atoms with van der Waals surface area (Å²) in [6.07, 6.45) is 2.77. The number of nitrogens with zero attached hydrogens (tertiary/aromatic N) is 2. The molecule has 0 saturated carbocycles. The summed E-state index contributed by atoms with van der Waals surface area (Å²) in [6.45, 7) is 8.27. The van der Waals surface area contributed by atoms with E-state index in [4.69, 9.17) is 0 Å². The zero-order valence-corrected chi connectivity index (χ0v) is 8.58. The summed E-state index contributed by atoms with van der Waals surface area (Å²) >= 11 is 0. The summed E-state index contributed by atoms with van der Waals surface area (Å²) < 4.78 is 0. The van der Waals surface area contributed by atoms with E-state index in [9.17, 15) is 0 Å². The van der Waals surface area contributed by atoms with Crippen molar-refractivity contribution in [2.75, 3.05) is 26.7 Å². The van der Waals surface area contributed by atoms with Gasteiger partial charge >= 0.3 is 0 Å². The Morgan fingerprint density at radius 2 is 1.83 bits per heavy atom. The topological polar surface area (TPSA) is 17.3 Å². The molecule has 1 atom stereocenters. The molecule has 1 fully saturated rings. The van der Waals surface area contributed by atoms with Crippen LogP contribution in [0, 0.1) is 5.92 Å². The van der Waals surface area contributed by atoms with Crippen LogP contribution in [0.2, 0.25) is 0 Å². The third-order valence-electron chi connectivity index (χ3n) is 2.75. The maximum atomic E-state index is 4.41. The van der Waals surface area contributed by atoms with E-state index in [0.717, 1.165) is 0 Å². The molecule has 0 spiro atoms. The molecule has 2 nitrogen and oxygen atoms in total. The number of likely N-dealkylation sites (N-methyl/N-ethyl adjacent to an activating group) is 1. The Labute approximate surface area is 76.3 Å². The van der Waals surface area contributed by atoms with Crippen molar-refractivity contribution in [1.82, 2.24) is 10.2 Å². The van der Waals surface area contributed by atoms with Crippen molar-refractivity contribution < 1.29 is 0 Å². The number of rotatable bonds is 4. The van der Waals surface area contributed by atoms with Gasteiger partial charge in [-0.2, -0.15) is 0 Å². The lowest BCUT2D eigenvalue weighted by atomic mass is 10.0. The maximum Gasteiger partial charge on any atom is 0.0392 e.